The highest BCUT2D eigenvalue weighted by molar-refractivity contribution is 7.93. The molecule has 0 unspecified atom stereocenters. The number of nitrogens with zero attached hydrogens (tertiary/aromatic N) is 2. The van der Waals surface area contributed by atoms with Crippen LogP contribution in [0.1, 0.15) is 0 Å². The van der Waals surface area contributed by atoms with E-state index in [1.807, 2.05) is 0 Å². The number of fused-ring (bicyclic) bond motifs is 1. The second kappa shape index (κ2) is 8.36. The monoisotopic (exact) mass is 464 g/mol. The maximum Gasteiger partial charge on any atom is 0.274 e. The van der Waals surface area contributed by atoms with Gasteiger partial charge in [0.25, 0.3) is 27.9 Å². The fourth-order valence-corrected chi connectivity index (χ4v) is 3.80. The third-order valence-electron chi connectivity index (χ3n) is 3.66. The van der Waals surface area contributed by atoms with Crippen LogP contribution < -0.4 is 19.8 Å². The van der Waals surface area contributed by atoms with Gasteiger partial charge in [-0.2, -0.15) is 4.98 Å². The fourth-order valence-electron chi connectivity index (χ4n) is 2.43. The van der Waals surface area contributed by atoms with E-state index in [9.17, 15) is 26.4 Å². The number of pyridine rings is 3. The van der Waals surface area contributed by atoms with Crippen molar-refractivity contribution < 1.29 is 31.1 Å². The Morgan fingerprint density at radius 2 is 2.00 bits per heavy atom. The van der Waals surface area contributed by atoms with Crippen molar-refractivity contribution >= 4 is 38.2 Å². The van der Waals surface area contributed by atoms with Crippen LogP contribution in [0.15, 0.2) is 34.1 Å². The number of sulfonamides is 1. The van der Waals surface area contributed by atoms with Crippen LogP contribution in [0.4, 0.5) is 18.9 Å². The average Bonchev–Trinajstić information content (AvgIpc) is 2.67. The van der Waals surface area contributed by atoms with Gasteiger partial charge in [0.05, 0.1) is 7.11 Å². The molecule has 14 heteroatoms. The highest BCUT2D eigenvalue weighted by Gasteiger charge is 2.24. The summed E-state index contributed by atoms with van der Waals surface area (Å²) >= 11 is 5.75. The van der Waals surface area contributed by atoms with E-state index in [-0.39, 0.29) is 21.0 Å². The standard InChI is InChI=1S/C16H12ClF3N4O5S/c1-28-16-9(4-8(18)15(23-16)29-6-12(19)20)24-30(26,27)10-5-21-14(25)13-7(10)2-3-11(17)22-13/h2-5,12,24H,6H2,1H3,(H,21,25). The molecule has 0 aliphatic heterocycles. The minimum absolute atomic E-state index is 0.0252. The molecular weight excluding hydrogens is 453 g/mol. The number of alkyl halides is 2. The number of hydrogen-bond donors (Lipinski definition) is 2. The summed E-state index contributed by atoms with van der Waals surface area (Å²) in [4.78, 5) is 21.1. The van der Waals surface area contributed by atoms with Crippen molar-refractivity contribution in [2.24, 2.45) is 0 Å². The Kier molecular flexibility index (Phi) is 6.03. The number of aromatic nitrogens is 3. The van der Waals surface area contributed by atoms with Crippen LogP contribution in [0.3, 0.4) is 0 Å². The second-order valence-corrected chi connectivity index (χ2v) is 7.69. The molecule has 3 heterocycles. The number of nitrogens with one attached hydrogen (secondary N) is 2. The number of anilines is 1. The first kappa shape index (κ1) is 21.6. The zero-order valence-electron chi connectivity index (χ0n) is 14.9. The van der Waals surface area contributed by atoms with Crippen molar-refractivity contribution in [2.75, 3.05) is 18.4 Å². The van der Waals surface area contributed by atoms with E-state index in [1.165, 1.54) is 12.1 Å². The lowest BCUT2D eigenvalue weighted by Crippen LogP contribution is -2.18. The van der Waals surface area contributed by atoms with Gasteiger partial charge in [0.1, 0.15) is 21.3 Å². The molecule has 160 valence electrons. The third-order valence-corrected chi connectivity index (χ3v) is 5.27. The third kappa shape index (κ3) is 4.41. The first-order valence-electron chi connectivity index (χ1n) is 7.98. The number of rotatable bonds is 7. The smallest absolute Gasteiger partial charge is 0.274 e. The number of hydrogen-bond acceptors (Lipinski definition) is 7. The fraction of sp³-hybridized carbons (Fsp3) is 0.188. The van der Waals surface area contributed by atoms with E-state index < -0.39 is 51.9 Å². The molecule has 2 N–H and O–H groups in total. The molecule has 0 fully saturated rings. The van der Waals surface area contributed by atoms with Gasteiger partial charge in [-0.25, -0.2) is 26.6 Å². The van der Waals surface area contributed by atoms with Crippen LogP contribution in [-0.4, -0.2) is 43.5 Å². The summed E-state index contributed by atoms with van der Waals surface area (Å²) in [6.45, 7) is -1.11. The van der Waals surface area contributed by atoms with Gasteiger partial charge in [0, 0.05) is 17.6 Å². The van der Waals surface area contributed by atoms with Crippen LogP contribution in [0.5, 0.6) is 11.8 Å². The van der Waals surface area contributed by atoms with Crippen molar-refractivity contribution in [3.8, 4) is 11.8 Å². The van der Waals surface area contributed by atoms with Crippen LogP contribution in [0.25, 0.3) is 10.9 Å². The van der Waals surface area contributed by atoms with Gasteiger partial charge in [-0.15, -0.1) is 0 Å². The molecular formula is C16H12ClF3N4O5S. The average molecular weight is 465 g/mol. The minimum Gasteiger partial charge on any atom is -0.479 e. The molecule has 3 aromatic rings. The van der Waals surface area contributed by atoms with Gasteiger partial charge in [0.2, 0.25) is 5.88 Å². The summed E-state index contributed by atoms with van der Waals surface area (Å²) in [6, 6.07) is 3.23. The molecule has 0 saturated heterocycles. The second-order valence-electron chi connectivity index (χ2n) is 5.65. The normalized spacial score (nSPS) is 11.7. The van der Waals surface area contributed by atoms with Crippen molar-refractivity contribution in [3.05, 3.63) is 45.7 Å². The molecule has 30 heavy (non-hydrogen) atoms. The lowest BCUT2D eigenvalue weighted by molar-refractivity contribution is 0.0770. The van der Waals surface area contributed by atoms with Gasteiger partial charge in [-0.05, 0) is 12.1 Å². The maximum absolute atomic E-state index is 14.1. The highest BCUT2D eigenvalue weighted by Crippen LogP contribution is 2.31. The lowest BCUT2D eigenvalue weighted by atomic mass is 10.3. The SMILES string of the molecule is COc1nc(OCC(F)F)c(F)cc1NS(=O)(=O)c1c[nH]c(=O)c2nc(Cl)ccc12. The highest BCUT2D eigenvalue weighted by atomic mass is 35.5. The molecule has 9 nitrogen and oxygen atoms in total. The van der Waals surface area contributed by atoms with Crippen LogP contribution in [0.2, 0.25) is 5.15 Å². The Balaban J connectivity index is 2.04. The molecule has 0 bridgehead atoms. The van der Waals surface area contributed by atoms with Crippen LogP contribution in [-0.2, 0) is 10.0 Å². The van der Waals surface area contributed by atoms with Crippen molar-refractivity contribution in [3.63, 3.8) is 0 Å². The lowest BCUT2D eigenvalue weighted by Gasteiger charge is -2.14. The first-order valence-corrected chi connectivity index (χ1v) is 9.84. The van der Waals surface area contributed by atoms with Crippen molar-refractivity contribution in [1.29, 1.82) is 0 Å². The van der Waals surface area contributed by atoms with Crippen molar-refractivity contribution in [1.82, 2.24) is 15.0 Å². The summed E-state index contributed by atoms with van der Waals surface area (Å²) in [6.07, 6.45) is -1.94. The van der Waals surface area contributed by atoms with Crippen LogP contribution in [0, 0.1) is 5.82 Å². The van der Waals surface area contributed by atoms with Crippen molar-refractivity contribution in [2.45, 2.75) is 11.3 Å². The molecule has 0 aliphatic rings. The molecule has 3 aromatic heterocycles. The van der Waals surface area contributed by atoms with E-state index in [1.54, 1.807) is 0 Å². The van der Waals surface area contributed by atoms with Gasteiger partial charge in [-0.3, -0.25) is 9.52 Å². The summed E-state index contributed by atoms with van der Waals surface area (Å²) < 4.78 is 75.9. The zero-order valence-corrected chi connectivity index (χ0v) is 16.5. The van der Waals surface area contributed by atoms with Gasteiger partial charge in [-0.1, -0.05) is 11.6 Å². The quantitative estimate of drug-likeness (QED) is 0.515. The number of methoxy groups -OCH3 is 1. The Morgan fingerprint density at radius 3 is 2.67 bits per heavy atom. The summed E-state index contributed by atoms with van der Waals surface area (Å²) in [5.41, 5.74) is -1.32. The topological polar surface area (TPSA) is 123 Å². The van der Waals surface area contributed by atoms with E-state index in [2.05, 4.69) is 24.4 Å². The molecule has 0 atom stereocenters. The number of ether oxygens (including phenoxy) is 2. The van der Waals surface area contributed by atoms with Gasteiger partial charge in [0.15, 0.2) is 12.4 Å². The Hall–Kier alpha value is -3.06. The molecule has 0 spiro atoms. The number of H-pyrrole nitrogens is 1. The van der Waals surface area contributed by atoms with E-state index >= 15 is 0 Å². The predicted octanol–water partition coefficient (Wildman–Crippen LogP) is 2.56. The first-order chi connectivity index (χ1) is 14.1. The predicted molar refractivity (Wildman–Crippen MR) is 100 cm³/mol. The Labute approximate surface area is 171 Å². The van der Waals surface area contributed by atoms with Gasteiger partial charge < -0.3 is 14.5 Å². The molecule has 3 rings (SSSR count). The largest absolute Gasteiger partial charge is 0.479 e. The molecule has 0 amide bonds. The zero-order chi connectivity index (χ0) is 22.1. The van der Waals surface area contributed by atoms with Crippen LogP contribution >= 0.6 is 11.6 Å². The molecule has 0 saturated carbocycles. The number of halogens is 4. The van der Waals surface area contributed by atoms with Gasteiger partial charge >= 0.3 is 0 Å². The summed E-state index contributed by atoms with van der Waals surface area (Å²) in [5.74, 6) is -2.42. The number of aromatic amines is 1. The Morgan fingerprint density at radius 1 is 1.27 bits per heavy atom. The van der Waals surface area contributed by atoms with E-state index in [0.717, 1.165) is 13.3 Å². The molecule has 0 aliphatic carbocycles. The molecule has 0 aromatic carbocycles. The Bertz CT molecular complexity index is 1270. The maximum atomic E-state index is 14.1. The summed E-state index contributed by atoms with van der Waals surface area (Å²) in [5, 5.41) is -0.0669. The van der Waals surface area contributed by atoms with E-state index in [4.69, 9.17) is 16.3 Å². The minimum atomic E-state index is -4.41. The summed E-state index contributed by atoms with van der Waals surface area (Å²) in [7, 11) is -3.30. The molecule has 0 radical (unpaired) electrons. The van der Waals surface area contributed by atoms with E-state index in [0.29, 0.717) is 6.07 Å².